The Bertz CT molecular complexity index is 1460. The SMILES string of the molecule is COc1ccc(NC(=S)NC2C[C@@H]2c2ccc(-c3ncn(-c4ccc(OC(F)(F)F)cc4)n3)cc2)c(OC)c1. The highest BCUT2D eigenvalue weighted by molar-refractivity contribution is 7.80. The minimum atomic E-state index is -4.74. The van der Waals surface area contributed by atoms with E-state index in [2.05, 4.69) is 25.5 Å². The molecule has 1 aromatic heterocycles. The molecule has 1 fully saturated rings. The Morgan fingerprint density at radius 1 is 0.974 bits per heavy atom. The lowest BCUT2D eigenvalue weighted by molar-refractivity contribution is -0.274. The van der Waals surface area contributed by atoms with Gasteiger partial charge in [-0.3, -0.25) is 0 Å². The van der Waals surface area contributed by atoms with Crippen LogP contribution in [0, 0.1) is 0 Å². The van der Waals surface area contributed by atoms with Crippen LogP contribution in [-0.2, 0) is 0 Å². The fourth-order valence-electron chi connectivity index (χ4n) is 4.15. The van der Waals surface area contributed by atoms with Crippen molar-refractivity contribution in [3.05, 3.63) is 78.6 Å². The lowest BCUT2D eigenvalue weighted by Gasteiger charge is -2.14. The summed E-state index contributed by atoms with van der Waals surface area (Å²) in [5.74, 6) is 1.84. The van der Waals surface area contributed by atoms with E-state index in [1.165, 1.54) is 40.8 Å². The standard InChI is InChI=1S/C27H24F3N5O3S/c1-36-20-11-12-22(24(13-20)37-2)32-26(39)33-23-14-21(23)16-3-5-17(6-4-16)25-31-15-35(34-25)18-7-9-19(10-8-18)38-27(28,29)30/h3-13,15,21,23H,14H2,1-2H3,(H2,32,33,39)/t21-,23?/m1/s1. The zero-order chi connectivity index (χ0) is 27.6. The third-order valence-electron chi connectivity index (χ3n) is 6.19. The van der Waals surface area contributed by atoms with Gasteiger partial charge in [-0.1, -0.05) is 24.3 Å². The van der Waals surface area contributed by atoms with Crippen LogP contribution in [0.1, 0.15) is 17.9 Å². The highest BCUT2D eigenvalue weighted by Gasteiger charge is 2.39. The van der Waals surface area contributed by atoms with Crippen molar-refractivity contribution < 1.29 is 27.4 Å². The molecule has 202 valence electrons. The normalized spacial score (nSPS) is 16.3. The Balaban J connectivity index is 1.17. The number of nitrogens with one attached hydrogen (secondary N) is 2. The number of anilines is 1. The molecule has 0 radical (unpaired) electrons. The zero-order valence-corrected chi connectivity index (χ0v) is 21.7. The van der Waals surface area contributed by atoms with E-state index in [9.17, 15) is 13.2 Å². The van der Waals surface area contributed by atoms with Gasteiger partial charge < -0.3 is 24.8 Å². The quantitative estimate of drug-likeness (QED) is 0.268. The Morgan fingerprint density at radius 2 is 1.69 bits per heavy atom. The lowest BCUT2D eigenvalue weighted by Crippen LogP contribution is -2.31. The van der Waals surface area contributed by atoms with Crippen LogP contribution in [0.2, 0.25) is 0 Å². The molecule has 2 atom stereocenters. The Hall–Kier alpha value is -4.32. The number of rotatable bonds is 8. The van der Waals surface area contributed by atoms with Gasteiger partial charge in [-0.2, -0.15) is 0 Å². The van der Waals surface area contributed by atoms with Crippen LogP contribution in [0.3, 0.4) is 0 Å². The van der Waals surface area contributed by atoms with E-state index in [1.54, 1.807) is 20.3 Å². The summed E-state index contributed by atoms with van der Waals surface area (Å²) in [4.78, 5) is 4.34. The molecule has 1 heterocycles. The summed E-state index contributed by atoms with van der Waals surface area (Å²) >= 11 is 5.50. The second kappa shape index (κ2) is 10.8. The highest BCUT2D eigenvalue weighted by Crippen LogP contribution is 2.41. The number of alkyl halides is 3. The predicted molar refractivity (Wildman–Crippen MR) is 144 cm³/mol. The summed E-state index contributed by atoms with van der Waals surface area (Å²) in [5, 5.41) is 11.5. The van der Waals surface area contributed by atoms with Gasteiger partial charge in [-0.15, -0.1) is 18.3 Å². The predicted octanol–water partition coefficient (Wildman–Crippen LogP) is 5.69. The van der Waals surface area contributed by atoms with Gasteiger partial charge in [0, 0.05) is 23.6 Å². The lowest BCUT2D eigenvalue weighted by atomic mass is 10.1. The first kappa shape index (κ1) is 26.3. The third kappa shape index (κ3) is 6.40. The first-order valence-electron chi connectivity index (χ1n) is 11.9. The molecule has 0 bridgehead atoms. The van der Waals surface area contributed by atoms with Crippen molar-refractivity contribution in [2.75, 3.05) is 19.5 Å². The van der Waals surface area contributed by atoms with Crippen LogP contribution >= 0.6 is 12.2 Å². The van der Waals surface area contributed by atoms with Crippen LogP contribution < -0.4 is 24.8 Å². The summed E-state index contributed by atoms with van der Waals surface area (Å²) in [5.41, 5.74) is 3.29. The molecule has 4 aromatic rings. The van der Waals surface area contributed by atoms with E-state index in [1.807, 2.05) is 36.4 Å². The molecule has 1 saturated carbocycles. The van der Waals surface area contributed by atoms with E-state index in [-0.39, 0.29) is 11.8 Å². The van der Waals surface area contributed by atoms with E-state index >= 15 is 0 Å². The fraction of sp³-hybridized carbons (Fsp3) is 0.222. The third-order valence-corrected chi connectivity index (χ3v) is 6.41. The van der Waals surface area contributed by atoms with Crippen LogP contribution in [0.5, 0.6) is 17.2 Å². The largest absolute Gasteiger partial charge is 0.573 e. The van der Waals surface area contributed by atoms with Gasteiger partial charge in [0.05, 0.1) is 25.6 Å². The fourth-order valence-corrected chi connectivity index (χ4v) is 4.41. The van der Waals surface area contributed by atoms with Gasteiger partial charge in [-0.05, 0) is 60.6 Å². The molecule has 1 aliphatic rings. The molecule has 3 aromatic carbocycles. The van der Waals surface area contributed by atoms with Crippen molar-refractivity contribution in [2.24, 2.45) is 0 Å². The van der Waals surface area contributed by atoms with Gasteiger partial charge in [-0.25, -0.2) is 9.67 Å². The molecule has 1 unspecified atom stereocenters. The molecule has 0 aliphatic heterocycles. The number of hydrogen-bond acceptors (Lipinski definition) is 6. The van der Waals surface area contributed by atoms with Crippen molar-refractivity contribution in [1.29, 1.82) is 0 Å². The maximum Gasteiger partial charge on any atom is 0.573 e. The Labute approximate surface area is 227 Å². The van der Waals surface area contributed by atoms with Crippen molar-refractivity contribution in [2.45, 2.75) is 24.7 Å². The van der Waals surface area contributed by atoms with E-state index in [0.29, 0.717) is 34.0 Å². The second-order valence-corrected chi connectivity index (χ2v) is 9.20. The Kier molecular flexibility index (Phi) is 7.29. The van der Waals surface area contributed by atoms with Gasteiger partial charge in [0.2, 0.25) is 0 Å². The maximum atomic E-state index is 12.4. The van der Waals surface area contributed by atoms with Crippen molar-refractivity contribution in [3.8, 4) is 34.3 Å². The monoisotopic (exact) mass is 555 g/mol. The van der Waals surface area contributed by atoms with Gasteiger partial charge in [0.15, 0.2) is 10.9 Å². The summed E-state index contributed by atoms with van der Waals surface area (Å²) in [7, 11) is 3.19. The van der Waals surface area contributed by atoms with E-state index < -0.39 is 6.36 Å². The smallest absolute Gasteiger partial charge is 0.497 e. The average Bonchev–Trinajstić information content (AvgIpc) is 3.49. The molecule has 1 aliphatic carbocycles. The van der Waals surface area contributed by atoms with Gasteiger partial charge in [0.1, 0.15) is 23.6 Å². The van der Waals surface area contributed by atoms with Crippen LogP contribution in [0.25, 0.3) is 17.1 Å². The number of halogens is 3. The number of ether oxygens (including phenoxy) is 3. The van der Waals surface area contributed by atoms with Crippen molar-refractivity contribution in [3.63, 3.8) is 0 Å². The summed E-state index contributed by atoms with van der Waals surface area (Å²) in [6.45, 7) is 0. The molecule has 39 heavy (non-hydrogen) atoms. The number of hydrogen-bond donors (Lipinski definition) is 2. The molecule has 0 spiro atoms. The summed E-state index contributed by atoms with van der Waals surface area (Å²) in [6.07, 6.45) is -2.28. The van der Waals surface area contributed by atoms with Crippen molar-refractivity contribution in [1.82, 2.24) is 20.1 Å². The molecule has 0 amide bonds. The average molecular weight is 556 g/mol. The molecule has 8 nitrogen and oxygen atoms in total. The van der Waals surface area contributed by atoms with Crippen LogP contribution in [0.15, 0.2) is 73.1 Å². The number of methoxy groups -OCH3 is 2. The summed E-state index contributed by atoms with van der Waals surface area (Å²) in [6, 6.07) is 19.1. The number of aromatic nitrogens is 3. The molecule has 12 heteroatoms. The topological polar surface area (TPSA) is 82.5 Å². The first-order chi connectivity index (χ1) is 18.7. The van der Waals surface area contributed by atoms with Crippen LogP contribution in [-0.4, -0.2) is 46.5 Å². The van der Waals surface area contributed by atoms with Crippen molar-refractivity contribution >= 4 is 23.0 Å². The van der Waals surface area contributed by atoms with E-state index in [4.69, 9.17) is 21.7 Å². The zero-order valence-electron chi connectivity index (χ0n) is 20.9. The first-order valence-corrected chi connectivity index (χ1v) is 12.3. The molecule has 0 saturated heterocycles. The van der Waals surface area contributed by atoms with Gasteiger partial charge >= 0.3 is 6.36 Å². The van der Waals surface area contributed by atoms with Crippen LogP contribution in [0.4, 0.5) is 18.9 Å². The maximum absolute atomic E-state index is 12.4. The number of benzene rings is 3. The molecular formula is C27H24F3N5O3S. The number of thiocarbonyl (C=S) groups is 1. The highest BCUT2D eigenvalue weighted by atomic mass is 32.1. The summed E-state index contributed by atoms with van der Waals surface area (Å²) < 4.78 is 53.2. The minimum absolute atomic E-state index is 0.210. The second-order valence-electron chi connectivity index (χ2n) is 8.79. The molecule has 5 rings (SSSR count). The number of nitrogens with zero attached hydrogens (tertiary/aromatic N) is 3. The Morgan fingerprint density at radius 3 is 2.36 bits per heavy atom. The van der Waals surface area contributed by atoms with E-state index in [0.717, 1.165) is 17.7 Å². The molecule has 2 N–H and O–H groups in total. The molecular weight excluding hydrogens is 531 g/mol. The van der Waals surface area contributed by atoms with Gasteiger partial charge in [0.25, 0.3) is 0 Å². The minimum Gasteiger partial charge on any atom is -0.497 e.